The van der Waals surface area contributed by atoms with Crippen molar-refractivity contribution in [1.82, 2.24) is 10.2 Å². The lowest BCUT2D eigenvalue weighted by atomic mass is 9.68. The highest BCUT2D eigenvalue weighted by atomic mass is 15.2. The van der Waals surface area contributed by atoms with Gasteiger partial charge in [-0.2, -0.15) is 0 Å². The van der Waals surface area contributed by atoms with Crippen molar-refractivity contribution in [3.8, 4) is 0 Å². The van der Waals surface area contributed by atoms with Crippen molar-refractivity contribution in [2.24, 2.45) is 11.8 Å². The monoisotopic (exact) mass is 232 g/mol. The Labute approximate surface area is 104 Å². The van der Waals surface area contributed by atoms with Crippen molar-refractivity contribution in [3.63, 3.8) is 0 Å². The van der Waals surface area contributed by atoms with Gasteiger partial charge in [-0.05, 0) is 57.0 Å². The van der Waals surface area contributed by atoms with Gasteiger partial charge in [-0.1, -0.05) is 18.1 Å². The maximum Gasteiger partial charge on any atom is 0.0320 e. The Morgan fingerprint density at radius 3 is 3.24 bits per heavy atom. The highest BCUT2D eigenvalue weighted by molar-refractivity contribution is 5.23. The predicted molar refractivity (Wildman–Crippen MR) is 69.9 cm³/mol. The van der Waals surface area contributed by atoms with Crippen molar-refractivity contribution in [2.75, 3.05) is 19.6 Å². The van der Waals surface area contributed by atoms with Crippen LogP contribution >= 0.6 is 0 Å². The molecule has 3 heterocycles. The van der Waals surface area contributed by atoms with Gasteiger partial charge in [0.05, 0.1) is 0 Å². The second-order valence-electron chi connectivity index (χ2n) is 6.49. The molecule has 94 valence electrons. The Balaban J connectivity index is 1.64. The van der Waals surface area contributed by atoms with Crippen LogP contribution in [0.25, 0.3) is 0 Å². The number of nitrogens with zero attached hydrogens (tertiary/aromatic N) is 1. The highest BCUT2D eigenvalue weighted by Gasteiger charge is 2.43. The summed E-state index contributed by atoms with van der Waals surface area (Å²) in [5.41, 5.74) is 1.77. The van der Waals surface area contributed by atoms with E-state index in [0.29, 0.717) is 0 Å². The molecular weight excluding hydrogens is 208 g/mol. The zero-order valence-electron chi connectivity index (χ0n) is 10.7. The Hall–Kier alpha value is -0.340. The number of rotatable bonds is 0. The Morgan fingerprint density at radius 2 is 2.24 bits per heavy atom. The third kappa shape index (κ3) is 1.68. The van der Waals surface area contributed by atoms with Crippen LogP contribution in [0.5, 0.6) is 0 Å². The van der Waals surface area contributed by atoms with Gasteiger partial charge in [0.25, 0.3) is 0 Å². The molecule has 2 bridgehead atoms. The summed E-state index contributed by atoms with van der Waals surface area (Å²) >= 11 is 0. The molecule has 2 unspecified atom stereocenters. The van der Waals surface area contributed by atoms with Crippen LogP contribution < -0.4 is 5.32 Å². The van der Waals surface area contributed by atoms with E-state index in [4.69, 9.17) is 0 Å². The number of nitrogens with one attached hydrogen (secondary N) is 1. The zero-order valence-corrected chi connectivity index (χ0v) is 10.7. The lowest BCUT2D eigenvalue weighted by Crippen LogP contribution is -2.58. The van der Waals surface area contributed by atoms with Crippen LogP contribution in [0.4, 0.5) is 0 Å². The minimum atomic E-state index is 0.739. The lowest BCUT2D eigenvalue weighted by Gasteiger charge is -2.52. The molecule has 2 nitrogen and oxygen atoms in total. The Morgan fingerprint density at radius 1 is 1.24 bits per heavy atom. The molecule has 0 amide bonds. The third-order valence-electron chi connectivity index (χ3n) is 5.51. The topological polar surface area (TPSA) is 15.3 Å². The molecule has 0 aromatic rings. The summed E-state index contributed by atoms with van der Waals surface area (Å²) in [5.74, 6) is 1.80. The van der Waals surface area contributed by atoms with Crippen molar-refractivity contribution in [1.29, 1.82) is 0 Å². The third-order valence-corrected chi connectivity index (χ3v) is 5.51. The van der Waals surface area contributed by atoms with Gasteiger partial charge in [-0.15, -0.1) is 0 Å². The molecule has 0 aromatic carbocycles. The van der Waals surface area contributed by atoms with E-state index < -0.39 is 0 Å². The molecule has 3 aliphatic heterocycles. The fourth-order valence-electron chi connectivity index (χ4n) is 4.80. The summed E-state index contributed by atoms with van der Waals surface area (Å²) < 4.78 is 0. The molecule has 1 N–H and O–H groups in total. The van der Waals surface area contributed by atoms with Gasteiger partial charge in [0.2, 0.25) is 0 Å². The van der Waals surface area contributed by atoms with E-state index in [9.17, 15) is 0 Å². The van der Waals surface area contributed by atoms with Crippen LogP contribution in [-0.2, 0) is 0 Å². The molecule has 4 rings (SSSR count). The maximum absolute atomic E-state index is 3.78. The molecule has 4 aliphatic rings. The smallest absolute Gasteiger partial charge is 0.0320 e. The maximum atomic E-state index is 3.78. The summed E-state index contributed by atoms with van der Waals surface area (Å²) in [6.45, 7) is 3.98. The SMILES string of the molecule is C1=C2CCCN[C@H]2C2CC1[C@H]1CCCCN1C2. The molecule has 3 fully saturated rings. The van der Waals surface area contributed by atoms with E-state index in [1.54, 1.807) is 5.57 Å². The summed E-state index contributed by atoms with van der Waals surface area (Å²) in [6, 6.07) is 1.64. The average Bonchev–Trinajstić information content (AvgIpc) is 2.39. The first-order valence-corrected chi connectivity index (χ1v) is 7.60. The van der Waals surface area contributed by atoms with Crippen molar-refractivity contribution in [2.45, 2.75) is 50.6 Å². The van der Waals surface area contributed by atoms with Gasteiger partial charge < -0.3 is 5.32 Å². The van der Waals surface area contributed by atoms with Gasteiger partial charge in [0, 0.05) is 18.6 Å². The first-order chi connectivity index (χ1) is 8.42. The van der Waals surface area contributed by atoms with Crippen LogP contribution in [0.2, 0.25) is 0 Å². The van der Waals surface area contributed by atoms with Crippen LogP contribution in [0, 0.1) is 11.8 Å². The largest absolute Gasteiger partial charge is 0.310 e. The first kappa shape index (κ1) is 10.6. The number of hydrogen-bond donors (Lipinski definition) is 1. The first-order valence-electron chi connectivity index (χ1n) is 7.60. The van der Waals surface area contributed by atoms with Gasteiger partial charge >= 0.3 is 0 Å². The molecule has 3 saturated heterocycles. The van der Waals surface area contributed by atoms with E-state index >= 15 is 0 Å². The number of fused-ring (bicyclic) bond motifs is 6. The Bertz CT molecular complexity index is 336. The number of hydrogen-bond acceptors (Lipinski definition) is 2. The molecule has 4 atom stereocenters. The zero-order chi connectivity index (χ0) is 11.2. The van der Waals surface area contributed by atoms with Crippen LogP contribution in [0.15, 0.2) is 11.6 Å². The molecule has 17 heavy (non-hydrogen) atoms. The van der Waals surface area contributed by atoms with Gasteiger partial charge in [0.15, 0.2) is 0 Å². The fraction of sp³-hybridized carbons (Fsp3) is 0.867. The quantitative estimate of drug-likeness (QED) is 0.644. The van der Waals surface area contributed by atoms with E-state index in [0.717, 1.165) is 23.9 Å². The highest BCUT2D eigenvalue weighted by Crippen LogP contribution is 2.42. The fourth-order valence-corrected chi connectivity index (χ4v) is 4.80. The molecule has 0 aromatic heterocycles. The van der Waals surface area contributed by atoms with E-state index in [2.05, 4.69) is 16.3 Å². The standard InChI is InChI=1S/C15H24N2/c1-2-7-17-10-13-9-12(14(17)5-1)8-11-4-3-6-16-15(11)13/h8,12-16H,1-7,9-10H2/t12?,13?,14-,15-/m1/s1. The predicted octanol–water partition coefficient (Wildman–Crippen LogP) is 2.17. The molecule has 0 saturated carbocycles. The molecule has 0 spiro atoms. The normalized spacial score (nSPS) is 45.8. The summed E-state index contributed by atoms with van der Waals surface area (Å²) in [7, 11) is 0. The van der Waals surface area contributed by atoms with Gasteiger partial charge in [-0.25, -0.2) is 0 Å². The van der Waals surface area contributed by atoms with E-state index in [1.807, 2.05) is 0 Å². The van der Waals surface area contributed by atoms with E-state index in [-0.39, 0.29) is 0 Å². The molecule has 2 heteroatoms. The summed E-state index contributed by atoms with van der Waals surface area (Å²) in [4.78, 5) is 2.81. The van der Waals surface area contributed by atoms with Crippen LogP contribution in [0.1, 0.15) is 38.5 Å². The molecular formula is C15H24N2. The molecule has 0 radical (unpaired) electrons. The van der Waals surface area contributed by atoms with Gasteiger partial charge in [-0.3, -0.25) is 4.90 Å². The summed E-state index contributed by atoms with van der Waals surface area (Å²) in [5, 5.41) is 3.78. The van der Waals surface area contributed by atoms with Crippen LogP contribution in [-0.4, -0.2) is 36.6 Å². The van der Waals surface area contributed by atoms with Crippen LogP contribution in [0.3, 0.4) is 0 Å². The van der Waals surface area contributed by atoms with Crippen molar-refractivity contribution in [3.05, 3.63) is 11.6 Å². The van der Waals surface area contributed by atoms with E-state index in [1.165, 1.54) is 58.2 Å². The number of piperidine rings is 3. The second-order valence-corrected chi connectivity index (χ2v) is 6.49. The Kier molecular flexibility index (Phi) is 2.55. The van der Waals surface area contributed by atoms with Crippen molar-refractivity contribution >= 4 is 0 Å². The minimum absolute atomic E-state index is 0.739. The lowest BCUT2D eigenvalue weighted by molar-refractivity contribution is 0.0271. The minimum Gasteiger partial charge on any atom is -0.310 e. The van der Waals surface area contributed by atoms with Gasteiger partial charge in [0.1, 0.15) is 0 Å². The average molecular weight is 232 g/mol. The second kappa shape index (κ2) is 4.10. The summed E-state index contributed by atoms with van der Waals surface area (Å²) in [6.07, 6.45) is 11.2. The van der Waals surface area contributed by atoms with Crippen molar-refractivity contribution < 1.29 is 0 Å². The molecule has 1 aliphatic carbocycles.